The van der Waals surface area contributed by atoms with E-state index in [0.717, 1.165) is 17.1 Å². The lowest BCUT2D eigenvalue weighted by atomic mass is 10.0. The highest BCUT2D eigenvalue weighted by Crippen LogP contribution is 2.28. The molecule has 136 valence electrons. The van der Waals surface area contributed by atoms with E-state index in [1.165, 1.54) is 0 Å². The van der Waals surface area contributed by atoms with Crippen molar-refractivity contribution in [2.75, 3.05) is 26.8 Å². The van der Waals surface area contributed by atoms with Crippen molar-refractivity contribution in [2.24, 2.45) is 14.1 Å². The Balaban J connectivity index is 1.65. The van der Waals surface area contributed by atoms with Crippen LogP contribution in [0, 0.1) is 13.8 Å². The van der Waals surface area contributed by atoms with E-state index in [4.69, 9.17) is 9.47 Å². The number of carbonyl (C=O) groups is 1. The van der Waals surface area contributed by atoms with Gasteiger partial charge in [-0.3, -0.25) is 14.2 Å². The van der Waals surface area contributed by atoms with Gasteiger partial charge in [0.05, 0.1) is 23.4 Å². The zero-order valence-electron chi connectivity index (χ0n) is 15.3. The van der Waals surface area contributed by atoms with Crippen molar-refractivity contribution in [1.82, 2.24) is 29.7 Å². The Hall–Kier alpha value is -2.42. The molecule has 2 aromatic heterocycles. The number of aryl methyl sites for hydroxylation is 3. The van der Waals surface area contributed by atoms with Gasteiger partial charge in [0.25, 0.3) is 5.91 Å². The largest absolute Gasteiger partial charge is 0.480 e. The van der Waals surface area contributed by atoms with Crippen LogP contribution in [0.5, 0.6) is 5.75 Å². The van der Waals surface area contributed by atoms with Crippen LogP contribution in [0.3, 0.4) is 0 Å². The molecule has 1 fully saturated rings. The van der Waals surface area contributed by atoms with Crippen LogP contribution in [0.1, 0.15) is 23.0 Å². The summed E-state index contributed by atoms with van der Waals surface area (Å²) in [5, 5.41) is 12.4. The Morgan fingerprint density at radius 1 is 1.32 bits per heavy atom. The van der Waals surface area contributed by atoms with Crippen LogP contribution >= 0.6 is 0 Å². The van der Waals surface area contributed by atoms with E-state index < -0.39 is 0 Å². The molecule has 2 atom stereocenters. The fourth-order valence-electron chi connectivity index (χ4n) is 3.22. The molecule has 0 aromatic carbocycles. The van der Waals surface area contributed by atoms with E-state index in [2.05, 4.69) is 15.4 Å². The molecule has 1 saturated heterocycles. The third kappa shape index (κ3) is 3.37. The molecule has 0 saturated carbocycles. The molecular weight excluding hydrogens is 324 g/mol. The lowest BCUT2D eigenvalue weighted by Crippen LogP contribution is -2.34. The van der Waals surface area contributed by atoms with E-state index in [9.17, 15) is 4.79 Å². The van der Waals surface area contributed by atoms with Crippen molar-refractivity contribution in [3.05, 3.63) is 23.3 Å². The van der Waals surface area contributed by atoms with Crippen LogP contribution in [0.4, 0.5) is 0 Å². The molecule has 0 unspecified atom stereocenters. The Kier molecular flexibility index (Phi) is 4.76. The van der Waals surface area contributed by atoms with Crippen LogP contribution in [0.2, 0.25) is 0 Å². The smallest absolute Gasteiger partial charge is 0.260 e. The molecule has 2 aromatic rings. The highest BCUT2D eigenvalue weighted by atomic mass is 16.5. The van der Waals surface area contributed by atoms with E-state index in [1.54, 1.807) is 21.4 Å². The van der Waals surface area contributed by atoms with E-state index >= 15 is 0 Å². The van der Waals surface area contributed by atoms with Crippen LogP contribution in [0.15, 0.2) is 6.20 Å². The minimum atomic E-state index is -0.0949. The maximum Gasteiger partial charge on any atom is 0.260 e. The molecule has 0 spiro atoms. The van der Waals surface area contributed by atoms with Gasteiger partial charge in [-0.15, -0.1) is 5.10 Å². The fraction of sp³-hybridized carbons (Fsp3) is 0.625. The van der Waals surface area contributed by atoms with Gasteiger partial charge in [0.2, 0.25) is 0 Å². The molecule has 0 radical (unpaired) electrons. The standard InChI is InChI=1S/C16H24N6O3/c1-10-16(11(2)21(4)18-10)25-9-15(23)22-6-12(14(8-22)24-5)13-7-20(3)19-17-13/h7,12,14H,6,8-9H2,1-5H3/t12-,14+/m0/s1. The second-order valence-electron chi connectivity index (χ2n) is 6.41. The van der Waals surface area contributed by atoms with Gasteiger partial charge in [0, 0.05) is 40.5 Å². The number of ether oxygens (including phenoxy) is 2. The molecule has 25 heavy (non-hydrogen) atoms. The van der Waals surface area contributed by atoms with E-state index in [-0.39, 0.29) is 24.5 Å². The summed E-state index contributed by atoms with van der Waals surface area (Å²) in [7, 11) is 5.33. The Bertz CT molecular complexity index is 768. The van der Waals surface area contributed by atoms with Gasteiger partial charge in [-0.2, -0.15) is 5.10 Å². The van der Waals surface area contributed by atoms with Crippen molar-refractivity contribution in [2.45, 2.75) is 25.9 Å². The van der Waals surface area contributed by atoms with Crippen LogP contribution < -0.4 is 4.74 Å². The van der Waals surface area contributed by atoms with Gasteiger partial charge in [-0.1, -0.05) is 5.21 Å². The zero-order chi connectivity index (χ0) is 18.1. The Morgan fingerprint density at radius 3 is 2.64 bits per heavy atom. The first-order chi connectivity index (χ1) is 11.9. The minimum absolute atomic E-state index is 0.0169. The summed E-state index contributed by atoms with van der Waals surface area (Å²) < 4.78 is 14.7. The molecule has 1 aliphatic heterocycles. The summed E-state index contributed by atoms with van der Waals surface area (Å²) in [4.78, 5) is 14.3. The summed E-state index contributed by atoms with van der Waals surface area (Å²) >= 11 is 0. The molecule has 3 heterocycles. The summed E-state index contributed by atoms with van der Waals surface area (Å²) in [5.41, 5.74) is 2.52. The normalized spacial score (nSPS) is 20.3. The monoisotopic (exact) mass is 348 g/mol. The Morgan fingerprint density at radius 2 is 2.08 bits per heavy atom. The topological polar surface area (TPSA) is 87.3 Å². The predicted molar refractivity (Wildman–Crippen MR) is 89.3 cm³/mol. The van der Waals surface area contributed by atoms with Gasteiger partial charge in [-0.25, -0.2) is 0 Å². The molecule has 1 aliphatic rings. The number of carbonyl (C=O) groups excluding carboxylic acids is 1. The van der Waals surface area contributed by atoms with Gasteiger partial charge in [0.1, 0.15) is 5.69 Å². The molecule has 9 heteroatoms. The van der Waals surface area contributed by atoms with Crippen LogP contribution in [-0.2, 0) is 23.6 Å². The third-order valence-corrected chi connectivity index (χ3v) is 4.70. The summed E-state index contributed by atoms with van der Waals surface area (Å²) in [6.45, 7) is 4.83. The average molecular weight is 348 g/mol. The average Bonchev–Trinajstić information content (AvgIpc) is 3.25. The van der Waals surface area contributed by atoms with Crippen molar-refractivity contribution in [3.63, 3.8) is 0 Å². The maximum atomic E-state index is 12.6. The van der Waals surface area contributed by atoms with E-state index in [1.807, 2.05) is 34.1 Å². The maximum absolute atomic E-state index is 12.6. The second-order valence-corrected chi connectivity index (χ2v) is 6.41. The first kappa shape index (κ1) is 17.4. The molecule has 3 rings (SSSR count). The number of nitrogens with zero attached hydrogens (tertiary/aromatic N) is 6. The van der Waals surface area contributed by atoms with Gasteiger partial charge < -0.3 is 14.4 Å². The predicted octanol–water partition coefficient (Wildman–Crippen LogP) is 0.185. The highest BCUT2D eigenvalue weighted by Gasteiger charge is 2.38. The fourth-order valence-corrected chi connectivity index (χ4v) is 3.22. The summed E-state index contributed by atoms with van der Waals surface area (Å²) in [6.07, 6.45) is 1.77. The first-order valence-electron chi connectivity index (χ1n) is 8.20. The number of likely N-dealkylation sites (tertiary alicyclic amines) is 1. The SMILES string of the molecule is CO[C@@H]1CN(C(=O)COc2c(C)nn(C)c2C)C[C@H]1c1cn(C)nn1. The van der Waals surface area contributed by atoms with E-state index in [0.29, 0.717) is 18.8 Å². The number of hydrogen-bond acceptors (Lipinski definition) is 6. The number of aromatic nitrogens is 5. The number of rotatable bonds is 5. The Labute approximate surface area is 146 Å². The van der Waals surface area contributed by atoms with Crippen molar-refractivity contribution in [3.8, 4) is 5.75 Å². The molecule has 0 N–H and O–H groups in total. The molecule has 9 nitrogen and oxygen atoms in total. The summed E-state index contributed by atoms with van der Waals surface area (Å²) in [6, 6.07) is 0. The molecular formula is C16H24N6O3. The van der Waals surface area contributed by atoms with Crippen molar-refractivity contribution >= 4 is 5.91 Å². The van der Waals surface area contributed by atoms with Crippen molar-refractivity contribution < 1.29 is 14.3 Å². The zero-order valence-corrected chi connectivity index (χ0v) is 15.3. The van der Waals surface area contributed by atoms with Gasteiger partial charge >= 0.3 is 0 Å². The quantitative estimate of drug-likeness (QED) is 0.766. The van der Waals surface area contributed by atoms with Crippen LogP contribution in [0.25, 0.3) is 0 Å². The second kappa shape index (κ2) is 6.83. The van der Waals surface area contributed by atoms with Crippen molar-refractivity contribution in [1.29, 1.82) is 0 Å². The molecule has 0 aliphatic carbocycles. The molecule has 1 amide bonds. The van der Waals surface area contributed by atoms with Gasteiger partial charge in [0.15, 0.2) is 12.4 Å². The minimum Gasteiger partial charge on any atom is -0.480 e. The molecule has 0 bridgehead atoms. The van der Waals surface area contributed by atoms with Crippen LogP contribution in [-0.4, -0.2) is 68.5 Å². The highest BCUT2D eigenvalue weighted by molar-refractivity contribution is 5.78. The first-order valence-corrected chi connectivity index (χ1v) is 8.20. The third-order valence-electron chi connectivity index (χ3n) is 4.70. The number of methoxy groups -OCH3 is 1. The lowest BCUT2D eigenvalue weighted by molar-refractivity contribution is -0.132. The number of hydrogen-bond donors (Lipinski definition) is 0. The van der Waals surface area contributed by atoms with Gasteiger partial charge in [-0.05, 0) is 13.8 Å². The lowest BCUT2D eigenvalue weighted by Gasteiger charge is -2.16. The number of amides is 1. The summed E-state index contributed by atoms with van der Waals surface area (Å²) in [5.74, 6) is 0.615.